The predicted octanol–water partition coefficient (Wildman–Crippen LogP) is 2.40. The zero-order valence-corrected chi connectivity index (χ0v) is 12.2. The molecule has 0 amide bonds. The van der Waals surface area contributed by atoms with Crippen molar-refractivity contribution in [1.29, 1.82) is 0 Å². The van der Waals surface area contributed by atoms with Crippen molar-refractivity contribution in [2.45, 2.75) is 47.5 Å². The third kappa shape index (κ3) is 5.94. The molecule has 4 heteroatoms. The molecule has 0 aliphatic carbocycles. The number of ether oxygens (including phenoxy) is 1. The molecule has 0 bridgehead atoms. The number of Topliss-reactive ketones (excluding diaryl/α,β-unsaturated/α-hetero) is 2. The van der Waals surface area contributed by atoms with Gasteiger partial charge in [-0.05, 0) is 5.41 Å². The molecular weight excluding hydrogens is 232 g/mol. The van der Waals surface area contributed by atoms with Crippen LogP contribution in [0.5, 0.6) is 0 Å². The summed E-state index contributed by atoms with van der Waals surface area (Å²) < 4.78 is 4.60. The van der Waals surface area contributed by atoms with Crippen LogP contribution in [0, 0.1) is 17.3 Å². The van der Waals surface area contributed by atoms with E-state index in [0.29, 0.717) is 6.42 Å². The highest BCUT2D eigenvalue weighted by Crippen LogP contribution is 2.22. The lowest BCUT2D eigenvalue weighted by atomic mass is 9.84. The minimum Gasteiger partial charge on any atom is -0.468 e. The first-order valence-corrected chi connectivity index (χ1v) is 6.21. The highest BCUT2D eigenvalue weighted by molar-refractivity contribution is 6.03. The highest BCUT2D eigenvalue weighted by Gasteiger charge is 2.32. The van der Waals surface area contributed by atoms with Gasteiger partial charge in [-0.25, -0.2) is 0 Å². The molecule has 0 radical (unpaired) electrons. The quantitative estimate of drug-likeness (QED) is 0.541. The summed E-state index contributed by atoms with van der Waals surface area (Å²) in [5, 5.41) is 0. The maximum atomic E-state index is 11.9. The summed E-state index contributed by atoms with van der Waals surface area (Å²) in [5.74, 6) is -2.16. The van der Waals surface area contributed by atoms with Gasteiger partial charge in [-0.3, -0.25) is 14.4 Å². The third-order valence-electron chi connectivity index (χ3n) is 2.56. The number of esters is 1. The van der Waals surface area contributed by atoms with E-state index < -0.39 is 11.9 Å². The standard InChI is InChI=1S/C14H24O4/c1-9(2)12(16)11(13(17)18-6)7-10(15)8-14(3,4)5/h9,11H,7-8H2,1-6H3. The van der Waals surface area contributed by atoms with Crippen molar-refractivity contribution in [2.75, 3.05) is 7.11 Å². The first-order valence-electron chi connectivity index (χ1n) is 6.21. The molecule has 0 spiro atoms. The maximum absolute atomic E-state index is 11.9. The third-order valence-corrected chi connectivity index (χ3v) is 2.56. The summed E-state index contributed by atoms with van der Waals surface area (Å²) in [6.45, 7) is 9.27. The Balaban J connectivity index is 4.76. The minimum absolute atomic E-state index is 0.0546. The van der Waals surface area contributed by atoms with Gasteiger partial charge in [0.1, 0.15) is 17.5 Å². The number of ketones is 2. The van der Waals surface area contributed by atoms with Gasteiger partial charge in [0.25, 0.3) is 0 Å². The zero-order valence-electron chi connectivity index (χ0n) is 12.2. The van der Waals surface area contributed by atoms with Crippen LogP contribution in [0.15, 0.2) is 0 Å². The fraction of sp³-hybridized carbons (Fsp3) is 0.786. The molecule has 0 N–H and O–H groups in total. The molecule has 1 atom stereocenters. The van der Waals surface area contributed by atoms with Crippen molar-refractivity contribution in [3.63, 3.8) is 0 Å². The Morgan fingerprint density at radius 3 is 1.94 bits per heavy atom. The number of carbonyl (C=O) groups excluding carboxylic acids is 3. The molecule has 0 aromatic rings. The number of hydrogen-bond donors (Lipinski definition) is 0. The Hall–Kier alpha value is -1.19. The fourth-order valence-corrected chi connectivity index (χ4v) is 1.74. The van der Waals surface area contributed by atoms with Crippen molar-refractivity contribution in [1.82, 2.24) is 0 Å². The zero-order chi connectivity index (χ0) is 14.5. The molecule has 0 fully saturated rings. The van der Waals surface area contributed by atoms with E-state index in [2.05, 4.69) is 4.74 Å². The maximum Gasteiger partial charge on any atom is 0.316 e. The number of carbonyl (C=O) groups is 3. The van der Waals surface area contributed by atoms with Gasteiger partial charge in [0.2, 0.25) is 0 Å². The monoisotopic (exact) mass is 256 g/mol. The lowest BCUT2D eigenvalue weighted by Gasteiger charge is -2.19. The molecule has 4 nitrogen and oxygen atoms in total. The van der Waals surface area contributed by atoms with Gasteiger partial charge in [0.15, 0.2) is 0 Å². The van der Waals surface area contributed by atoms with E-state index >= 15 is 0 Å². The van der Waals surface area contributed by atoms with Crippen LogP contribution in [0.2, 0.25) is 0 Å². The number of methoxy groups -OCH3 is 1. The minimum atomic E-state index is -0.954. The van der Waals surface area contributed by atoms with Gasteiger partial charge in [-0.2, -0.15) is 0 Å². The molecule has 0 rings (SSSR count). The molecule has 0 heterocycles. The molecule has 0 aliphatic rings. The van der Waals surface area contributed by atoms with Gasteiger partial charge >= 0.3 is 5.97 Å². The van der Waals surface area contributed by atoms with Gasteiger partial charge in [-0.1, -0.05) is 34.6 Å². The number of hydrogen-bond acceptors (Lipinski definition) is 4. The molecule has 104 valence electrons. The van der Waals surface area contributed by atoms with E-state index in [4.69, 9.17) is 0 Å². The fourth-order valence-electron chi connectivity index (χ4n) is 1.74. The molecular formula is C14H24O4. The largest absolute Gasteiger partial charge is 0.468 e. The highest BCUT2D eigenvalue weighted by atomic mass is 16.5. The second-order valence-electron chi connectivity index (χ2n) is 6.11. The van der Waals surface area contributed by atoms with Crippen LogP contribution in [0.4, 0.5) is 0 Å². The van der Waals surface area contributed by atoms with Crippen LogP contribution in [-0.2, 0) is 19.1 Å². The van der Waals surface area contributed by atoms with Gasteiger partial charge in [-0.15, -0.1) is 0 Å². The predicted molar refractivity (Wildman–Crippen MR) is 69.0 cm³/mol. The topological polar surface area (TPSA) is 60.4 Å². The summed E-state index contributed by atoms with van der Waals surface area (Å²) in [6, 6.07) is 0. The number of rotatable bonds is 6. The van der Waals surface area contributed by atoms with E-state index in [1.807, 2.05) is 20.8 Å². The van der Waals surface area contributed by atoms with Crippen molar-refractivity contribution in [3.8, 4) is 0 Å². The Labute approximate surface area is 109 Å². The summed E-state index contributed by atoms with van der Waals surface area (Å²) in [5.41, 5.74) is -0.140. The lowest BCUT2D eigenvalue weighted by molar-refractivity contribution is -0.152. The van der Waals surface area contributed by atoms with Crippen molar-refractivity contribution in [3.05, 3.63) is 0 Å². The van der Waals surface area contributed by atoms with E-state index in [0.717, 1.165) is 0 Å². The molecule has 18 heavy (non-hydrogen) atoms. The summed E-state index contributed by atoms with van der Waals surface area (Å²) in [7, 11) is 1.23. The molecule has 0 aliphatic heterocycles. The Morgan fingerprint density at radius 2 is 1.61 bits per heavy atom. The van der Waals surface area contributed by atoms with E-state index in [1.54, 1.807) is 13.8 Å². The second-order valence-corrected chi connectivity index (χ2v) is 6.11. The van der Waals surface area contributed by atoms with Crippen LogP contribution in [0.25, 0.3) is 0 Å². The average molecular weight is 256 g/mol. The van der Waals surface area contributed by atoms with Crippen LogP contribution in [0.1, 0.15) is 47.5 Å². The van der Waals surface area contributed by atoms with Gasteiger partial charge in [0, 0.05) is 18.8 Å². The molecule has 0 saturated heterocycles. The van der Waals surface area contributed by atoms with Crippen molar-refractivity contribution in [2.24, 2.45) is 17.3 Å². The first-order chi connectivity index (χ1) is 8.08. The van der Waals surface area contributed by atoms with Crippen LogP contribution >= 0.6 is 0 Å². The first kappa shape index (κ1) is 16.8. The molecule has 1 unspecified atom stereocenters. The molecule has 0 aromatic heterocycles. The summed E-state index contributed by atoms with van der Waals surface area (Å²) in [6.07, 6.45) is 0.298. The van der Waals surface area contributed by atoms with E-state index in [-0.39, 0.29) is 29.3 Å². The molecule has 0 saturated carbocycles. The summed E-state index contributed by atoms with van der Waals surface area (Å²) in [4.78, 5) is 35.3. The Morgan fingerprint density at radius 1 is 1.11 bits per heavy atom. The SMILES string of the molecule is COC(=O)C(CC(=O)CC(C)(C)C)C(=O)C(C)C. The van der Waals surface area contributed by atoms with Gasteiger partial charge < -0.3 is 4.74 Å². The smallest absolute Gasteiger partial charge is 0.316 e. The van der Waals surface area contributed by atoms with Gasteiger partial charge in [0.05, 0.1) is 7.11 Å². The van der Waals surface area contributed by atoms with Crippen LogP contribution < -0.4 is 0 Å². The Kier molecular flexibility index (Phi) is 6.22. The van der Waals surface area contributed by atoms with Crippen molar-refractivity contribution >= 4 is 17.5 Å². The van der Waals surface area contributed by atoms with Crippen LogP contribution in [0.3, 0.4) is 0 Å². The normalized spacial score (nSPS) is 13.3. The lowest BCUT2D eigenvalue weighted by Crippen LogP contribution is -2.31. The average Bonchev–Trinajstić information content (AvgIpc) is 2.21. The van der Waals surface area contributed by atoms with Crippen LogP contribution in [-0.4, -0.2) is 24.6 Å². The van der Waals surface area contributed by atoms with E-state index in [9.17, 15) is 14.4 Å². The summed E-state index contributed by atoms with van der Waals surface area (Å²) >= 11 is 0. The van der Waals surface area contributed by atoms with E-state index in [1.165, 1.54) is 7.11 Å². The second kappa shape index (κ2) is 6.66. The molecule has 0 aromatic carbocycles. The Bertz CT molecular complexity index is 323. The van der Waals surface area contributed by atoms with Crippen molar-refractivity contribution < 1.29 is 19.1 Å².